The van der Waals surface area contributed by atoms with E-state index < -0.39 is 41.2 Å². The number of benzene rings is 1. The third kappa shape index (κ3) is 6.67. The van der Waals surface area contributed by atoms with Gasteiger partial charge in [-0.05, 0) is 53.6 Å². The molecule has 0 radical (unpaired) electrons. The second kappa shape index (κ2) is 12.1. The number of halogens is 4. The summed E-state index contributed by atoms with van der Waals surface area (Å²) < 4.78 is 62.4. The van der Waals surface area contributed by atoms with Gasteiger partial charge < -0.3 is 14.5 Å². The van der Waals surface area contributed by atoms with E-state index in [0.29, 0.717) is 6.42 Å². The van der Waals surface area contributed by atoms with Gasteiger partial charge in [-0.1, -0.05) is 19.1 Å². The van der Waals surface area contributed by atoms with Crippen LogP contribution >= 0.6 is 30.4 Å². The summed E-state index contributed by atoms with van der Waals surface area (Å²) in [4.78, 5) is 62.3. The standard InChI is InChI=1S/C23H23F3IN6O8P/c1-3-8-32-19(34)16-18(31(4-2)21(32)35)29-17(33(16)22(36)40-20(27)41-42(37,38)39)14-10-28-30(12-14)11-13-6-5-7-15(9-13)23(24,25)26/h5-7,9-10,12,20H,3-4,8,11H2,1-2H3,(H2,37,38,39). The van der Waals surface area contributed by atoms with E-state index in [-0.39, 0.29) is 47.7 Å². The van der Waals surface area contributed by atoms with E-state index in [0.717, 1.165) is 21.3 Å². The van der Waals surface area contributed by atoms with Gasteiger partial charge in [0, 0.05) is 19.3 Å². The van der Waals surface area contributed by atoms with E-state index in [1.165, 1.54) is 56.4 Å². The number of carbonyl (C=O) groups is 1. The van der Waals surface area contributed by atoms with Gasteiger partial charge in [-0.3, -0.25) is 18.6 Å². The molecule has 0 saturated carbocycles. The number of carbonyl (C=O) groups excluding carboxylic acids is 1. The molecule has 0 fully saturated rings. The van der Waals surface area contributed by atoms with Crippen molar-refractivity contribution in [2.75, 3.05) is 0 Å². The van der Waals surface area contributed by atoms with Crippen molar-refractivity contribution in [2.24, 2.45) is 0 Å². The fourth-order valence-electron chi connectivity index (χ4n) is 4.18. The Kier molecular flexibility index (Phi) is 9.12. The molecular formula is C23H23F3IN6O8P. The monoisotopic (exact) mass is 726 g/mol. The van der Waals surface area contributed by atoms with Crippen LogP contribution < -0.4 is 11.2 Å². The summed E-state index contributed by atoms with van der Waals surface area (Å²) in [5.74, 6) is -0.224. The normalized spacial score (nSPS) is 13.0. The fourth-order valence-corrected chi connectivity index (χ4v) is 5.54. The summed E-state index contributed by atoms with van der Waals surface area (Å²) >= 11 is 1.30. The van der Waals surface area contributed by atoms with E-state index in [2.05, 4.69) is 14.6 Å². The van der Waals surface area contributed by atoms with Gasteiger partial charge in [-0.15, -0.1) is 0 Å². The van der Waals surface area contributed by atoms with Gasteiger partial charge in [0.15, 0.2) is 17.0 Å². The summed E-state index contributed by atoms with van der Waals surface area (Å²) in [6.07, 6.45) is -2.85. The number of phosphoric ester groups is 1. The van der Waals surface area contributed by atoms with Crippen LogP contribution in [-0.2, 0) is 39.6 Å². The van der Waals surface area contributed by atoms with Gasteiger partial charge in [0.05, 0.1) is 23.9 Å². The van der Waals surface area contributed by atoms with Gasteiger partial charge in [-0.25, -0.2) is 28.2 Å². The zero-order valence-corrected chi connectivity index (χ0v) is 24.9. The molecular weight excluding hydrogens is 703 g/mol. The number of hydrogen-bond donors (Lipinski definition) is 2. The summed E-state index contributed by atoms with van der Waals surface area (Å²) in [7, 11) is -5.07. The van der Waals surface area contributed by atoms with Crippen LogP contribution in [0.5, 0.6) is 0 Å². The molecule has 14 nitrogen and oxygen atoms in total. The molecule has 4 rings (SSSR count). The zero-order chi connectivity index (χ0) is 31.0. The van der Waals surface area contributed by atoms with Crippen LogP contribution in [0.1, 0.15) is 31.4 Å². The summed E-state index contributed by atoms with van der Waals surface area (Å²) in [5.41, 5.74) is -2.50. The van der Waals surface area contributed by atoms with Crippen LogP contribution in [0.15, 0.2) is 46.2 Å². The molecule has 42 heavy (non-hydrogen) atoms. The molecule has 19 heteroatoms. The van der Waals surface area contributed by atoms with Crippen molar-refractivity contribution in [3.63, 3.8) is 0 Å². The van der Waals surface area contributed by atoms with Crippen LogP contribution in [0.3, 0.4) is 0 Å². The van der Waals surface area contributed by atoms with Crippen LogP contribution in [0.25, 0.3) is 22.6 Å². The van der Waals surface area contributed by atoms with Crippen LogP contribution in [0.2, 0.25) is 0 Å². The highest BCUT2D eigenvalue weighted by molar-refractivity contribution is 14.1. The second-order valence-corrected chi connectivity index (χ2v) is 11.0. The number of ether oxygens (including phenoxy) is 1. The Hall–Kier alpha value is -3.32. The maximum atomic E-state index is 13.5. The number of phosphoric acid groups is 1. The van der Waals surface area contributed by atoms with Gasteiger partial charge >= 0.3 is 25.8 Å². The number of hydrogen-bond acceptors (Lipinski definition) is 8. The van der Waals surface area contributed by atoms with Crippen molar-refractivity contribution in [3.8, 4) is 11.4 Å². The lowest BCUT2D eigenvalue weighted by molar-refractivity contribution is -0.137. The number of rotatable bonds is 9. The second-order valence-electron chi connectivity index (χ2n) is 8.81. The minimum absolute atomic E-state index is 0.0221. The van der Waals surface area contributed by atoms with E-state index in [4.69, 9.17) is 14.5 Å². The molecule has 0 amide bonds. The van der Waals surface area contributed by atoms with E-state index in [1.807, 2.05) is 0 Å². The first-order valence-electron chi connectivity index (χ1n) is 12.2. The van der Waals surface area contributed by atoms with Gasteiger partial charge in [0.2, 0.25) is 0 Å². The Morgan fingerprint density at radius 1 is 1.19 bits per heavy atom. The SMILES string of the molecule is CCCn1c(=O)c2c(nc(-c3cnn(Cc4cccc(C(F)(F)F)c4)c3)n2C(=O)OC(I)OP(=O)(O)O)n(CC)c1=O. The predicted octanol–water partition coefficient (Wildman–Crippen LogP) is 3.53. The summed E-state index contributed by atoms with van der Waals surface area (Å²) in [6.45, 7) is 3.36. The number of nitrogens with zero attached hydrogens (tertiary/aromatic N) is 6. The molecule has 0 aliphatic rings. The highest BCUT2D eigenvalue weighted by Crippen LogP contribution is 2.39. The summed E-state index contributed by atoms with van der Waals surface area (Å²) in [5, 5.41) is 4.14. The Balaban J connectivity index is 1.86. The molecule has 0 aliphatic carbocycles. The van der Waals surface area contributed by atoms with E-state index >= 15 is 0 Å². The fraction of sp³-hybridized carbons (Fsp3) is 0.348. The quantitative estimate of drug-likeness (QED) is 0.113. The molecule has 0 aliphatic heterocycles. The third-order valence-electron chi connectivity index (χ3n) is 5.87. The number of aromatic nitrogens is 6. The molecule has 1 atom stereocenters. The topological polar surface area (TPSA) is 173 Å². The largest absolute Gasteiger partial charge is 0.473 e. The Bertz CT molecular complexity index is 1810. The molecule has 3 heterocycles. The van der Waals surface area contributed by atoms with Crippen molar-refractivity contribution in [2.45, 2.75) is 50.4 Å². The maximum Gasteiger partial charge on any atom is 0.473 e. The summed E-state index contributed by atoms with van der Waals surface area (Å²) in [6, 6.07) is 4.62. The lowest BCUT2D eigenvalue weighted by Gasteiger charge is -2.14. The maximum absolute atomic E-state index is 13.5. The molecule has 226 valence electrons. The average molecular weight is 726 g/mol. The van der Waals surface area contributed by atoms with Gasteiger partial charge in [0.1, 0.15) is 0 Å². The average Bonchev–Trinajstić information content (AvgIpc) is 3.50. The van der Waals surface area contributed by atoms with Crippen molar-refractivity contribution in [1.82, 2.24) is 28.5 Å². The Labute approximate surface area is 247 Å². The molecule has 0 saturated heterocycles. The number of imidazole rings is 1. The number of fused-ring (bicyclic) bond motifs is 1. The molecule has 0 bridgehead atoms. The molecule has 4 aromatic rings. The molecule has 3 aromatic heterocycles. The minimum Gasteiger partial charge on any atom is -0.409 e. The smallest absolute Gasteiger partial charge is 0.409 e. The first kappa shape index (κ1) is 31.6. The van der Waals surface area contributed by atoms with Crippen molar-refractivity contribution >= 4 is 47.7 Å². The van der Waals surface area contributed by atoms with Crippen LogP contribution in [-0.4, -0.2) is 48.6 Å². The zero-order valence-electron chi connectivity index (χ0n) is 21.9. The van der Waals surface area contributed by atoms with Gasteiger partial charge in [0.25, 0.3) is 9.86 Å². The first-order chi connectivity index (χ1) is 19.6. The molecule has 0 spiro atoms. The number of alkyl halides is 4. The van der Waals surface area contributed by atoms with Crippen molar-refractivity contribution in [3.05, 3.63) is 68.6 Å². The lowest BCUT2D eigenvalue weighted by Crippen LogP contribution is -2.40. The number of aryl methyl sites for hydroxylation is 1. The molecule has 1 unspecified atom stereocenters. The van der Waals surface area contributed by atoms with E-state index in [9.17, 15) is 32.1 Å². The van der Waals surface area contributed by atoms with E-state index in [1.54, 1.807) is 13.8 Å². The first-order valence-corrected chi connectivity index (χ1v) is 15.0. The lowest BCUT2D eigenvalue weighted by atomic mass is 10.1. The highest BCUT2D eigenvalue weighted by atomic mass is 127. The van der Waals surface area contributed by atoms with Crippen LogP contribution in [0, 0.1) is 0 Å². The molecule has 1 aromatic carbocycles. The minimum atomic E-state index is -5.07. The predicted molar refractivity (Wildman–Crippen MR) is 149 cm³/mol. The van der Waals surface area contributed by atoms with Crippen molar-refractivity contribution < 1.29 is 41.6 Å². The van der Waals surface area contributed by atoms with Gasteiger partial charge in [-0.2, -0.15) is 18.3 Å². The van der Waals surface area contributed by atoms with Crippen molar-refractivity contribution in [1.29, 1.82) is 0 Å². The Morgan fingerprint density at radius 2 is 1.90 bits per heavy atom. The van der Waals surface area contributed by atoms with Crippen LogP contribution in [0.4, 0.5) is 18.0 Å². The third-order valence-corrected chi connectivity index (χ3v) is 7.25. The Morgan fingerprint density at radius 3 is 2.52 bits per heavy atom. The molecule has 2 N–H and O–H groups in total. The highest BCUT2D eigenvalue weighted by Gasteiger charge is 2.31.